The average molecular weight is 411 g/mol. The molecule has 1 amide bonds. The van der Waals surface area contributed by atoms with E-state index in [4.69, 9.17) is 14.5 Å². The highest BCUT2D eigenvalue weighted by Crippen LogP contribution is 2.40. The predicted octanol–water partition coefficient (Wildman–Crippen LogP) is 2.76. The summed E-state index contributed by atoms with van der Waals surface area (Å²) in [5.41, 5.74) is 2.74. The molecule has 0 spiro atoms. The molecular weight excluding hydrogens is 380 g/mol. The minimum atomic E-state index is -0.115. The van der Waals surface area contributed by atoms with Crippen molar-refractivity contribution in [3.63, 3.8) is 0 Å². The van der Waals surface area contributed by atoms with E-state index in [0.29, 0.717) is 18.2 Å². The smallest absolute Gasteiger partial charge is 0.276 e. The van der Waals surface area contributed by atoms with E-state index in [2.05, 4.69) is 22.0 Å². The van der Waals surface area contributed by atoms with Gasteiger partial charge in [0, 0.05) is 57.7 Å². The molecule has 8 heteroatoms. The van der Waals surface area contributed by atoms with Crippen molar-refractivity contribution in [2.45, 2.75) is 57.0 Å². The highest BCUT2D eigenvalue weighted by Gasteiger charge is 2.35. The maximum atomic E-state index is 13.3. The van der Waals surface area contributed by atoms with Gasteiger partial charge in [0.2, 0.25) is 0 Å². The topological polar surface area (TPSA) is 78.6 Å². The summed E-state index contributed by atoms with van der Waals surface area (Å²) in [6.07, 6.45) is 6.11. The van der Waals surface area contributed by atoms with E-state index < -0.39 is 0 Å². The number of amides is 1. The van der Waals surface area contributed by atoms with Crippen molar-refractivity contribution in [2.75, 3.05) is 39.1 Å². The number of fused-ring (bicyclic) bond motifs is 1. The van der Waals surface area contributed by atoms with E-state index in [0.717, 1.165) is 74.7 Å². The lowest BCUT2D eigenvalue weighted by atomic mass is 9.99. The molecule has 2 fully saturated rings. The van der Waals surface area contributed by atoms with Crippen LogP contribution in [0.3, 0.4) is 0 Å². The number of piperidine rings is 1. The van der Waals surface area contributed by atoms with Crippen LogP contribution in [0.5, 0.6) is 0 Å². The van der Waals surface area contributed by atoms with Crippen molar-refractivity contribution in [3.8, 4) is 0 Å². The molecule has 1 saturated carbocycles. The molecule has 30 heavy (non-hydrogen) atoms. The standard InChI is InChI=1S/C22H30N6O2/c1-26(2)21-15-13-27(3)11-9-16(15)23-20(24-21)18-6-4-5-10-28(18)22(29)17-12-19(30-25-17)14-7-8-14/h12,14,18H,4-11,13H2,1-3H3/t18-/m0/s1. The van der Waals surface area contributed by atoms with Crippen LogP contribution in [0, 0.1) is 0 Å². The van der Waals surface area contributed by atoms with Gasteiger partial charge in [-0.25, -0.2) is 9.97 Å². The molecule has 1 saturated heterocycles. The van der Waals surface area contributed by atoms with Gasteiger partial charge in [0.15, 0.2) is 11.5 Å². The van der Waals surface area contributed by atoms with Gasteiger partial charge >= 0.3 is 0 Å². The first-order valence-corrected chi connectivity index (χ1v) is 11.0. The highest BCUT2D eigenvalue weighted by molar-refractivity contribution is 5.92. The number of aromatic nitrogens is 3. The van der Waals surface area contributed by atoms with Crippen LogP contribution in [0.15, 0.2) is 10.6 Å². The Morgan fingerprint density at radius 1 is 1.17 bits per heavy atom. The van der Waals surface area contributed by atoms with Crippen molar-refractivity contribution in [1.82, 2.24) is 24.9 Å². The van der Waals surface area contributed by atoms with Gasteiger partial charge in [-0.2, -0.15) is 0 Å². The van der Waals surface area contributed by atoms with E-state index in [1.165, 1.54) is 5.56 Å². The van der Waals surface area contributed by atoms with Crippen molar-refractivity contribution in [1.29, 1.82) is 0 Å². The van der Waals surface area contributed by atoms with Gasteiger partial charge in [0.1, 0.15) is 11.6 Å². The summed E-state index contributed by atoms with van der Waals surface area (Å²) >= 11 is 0. The molecule has 5 rings (SSSR count). The molecule has 0 N–H and O–H groups in total. The molecule has 1 aliphatic carbocycles. The monoisotopic (exact) mass is 410 g/mol. The zero-order valence-electron chi connectivity index (χ0n) is 18.1. The van der Waals surface area contributed by atoms with Gasteiger partial charge in [-0.05, 0) is 39.2 Å². The fourth-order valence-electron chi connectivity index (χ4n) is 4.61. The number of hydrogen-bond donors (Lipinski definition) is 0. The molecule has 8 nitrogen and oxygen atoms in total. The number of nitrogens with zero attached hydrogens (tertiary/aromatic N) is 6. The second-order valence-corrected chi connectivity index (χ2v) is 9.11. The lowest BCUT2D eigenvalue weighted by Crippen LogP contribution is -2.40. The van der Waals surface area contributed by atoms with E-state index in [1.54, 1.807) is 0 Å². The third-order valence-corrected chi connectivity index (χ3v) is 6.46. The summed E-state index contributed by atoms with van der Waals surface area (Å²) < 4.78 is 5.44. The molecule has 0 unspecified atom stereocenters. The maximum Gasteiger partial charge on any atom is 0.276 e. The Balaban J connectivity index is 1.47. The molecule has 1 atom stereocenters. The van der Waals surface area contributed by atoms with Crippen LogP contribution in [0.1, 0.15) is 77.4 Å². The van der Waals surface area contributed by atoms with Crippen LogP contribution in [0.25, 0.3) is 0 Å². The molecule has 2 aromatic heterocycles. The third-order valence-electron chi connectivity index (χ3n) is 6.46. The number of anilines is 1. The zero-order chi connectivity index (χ0) is 20.8. The van der Waals surface area contributed by atoms with Crippen LogP contribution in [-0.2, 0) is 13.0 Å². The quantitative estimate of drug-likeness (QED) is 0.767. The highest BCUT2D eigenvalue weighted by atomic mass is 16.5. The fourth-order valence-corrected chi connectivity index (χ4v) is 4.61. The zero-order valence-corrected chi connectivity index (χ0v) is 18.1. The second kappa shape index (κ2) is 7.65. The van der Waals surface area contributed by atoms with E-state index in [9.17, 15) is 4.79 Å². The normalized spacial score (nSPS) is 22.1. The largest absolute Gasteiger partial charge is 0.362 e. The first-order valence-electron chi connectivity index (χ1n) is 11.0. The van der Waals surface area contributed by atoms with Crippen LogP contribution in [-0.4, -0.2) is 65.1 Å². The number of hydrogen-bond acceptors (Lipinski definition) is 7. The summed E-state index contributed by atoms with van der Waals surface area (Å²) in [5.74, 6) is 2.96. The van der Waals surface area contributed by atoms with Crippen LogP contribution in [0.2, 0.25) is 0 Å². The Morgan fingerprint density at radius 2 is 2.00 bits per heavy atom. The summed E-state index contributed by atoms with van der Waals surface area (Å²) in [7, 11) is 6.19. The molecule has 160 valence electrons. The van der Waals surface area contributed by atoms with Gasteiger partial charge in [-0.3, -0.25) is 4.79 Å². The van der Waals surface area contributed by atoms with E-state index in [-0.39, 0.29) is 11.9 Å². The number of carbonyl (C=O) groups excluding carboxylic acids is 1. The molecule has 2 aromatic rings. The summed E-state index contributed by atoms with van der Waals surface area (Å²) in [6, 6.07) is 1.72. The van der Waals surface area contributed by atoms with Crippen LogP contribution >= 0.6 is 0 Å². The van der Waals surface area contributed by atoms with Crippen molar-refractivity contribution >= 4 is 11.7 Å². The minimum Gasteiger partial charge on any atom is -0.362 e. The number of likely N-dealkylation sites (N-methyl/N-ethyl adjacent to an activating group) is 1. The van der Waals surface area contributed by atoms with Crippen LogP contribution in [0.4, 0.5) is 5.82 Å². The SMILES string of the molecule is CN1CCc2nc([C@@H]3CCCCN3C(=O)c3cc(C4CC4)on3)nc(N(C)C)c2C1. The Labute approximate surface area is 177 Å². The fraction of sp³-hybridized carbons (Fsp3) is 0.636. The molecule has 0 radical (unpaired) electrons. The summed E-state index contributed by atoms with van der Waals surface area (Å²) in [6.45, 7) is 2.56. The first kappa shape index (κ1) is 19.5. The summed E-state index contributed by atoms with van der Waals surface area (Å²) in [5, 5.41) is 4.08. The predicted molar refractivity (Wildman–Crippen MR) is 113 cm³/mol. The average Bonchev–Trinajstić information content (AvgIpc) is 3.49. The van der Waals surface area contributed by atoms with E-state index in [1.807, 2.05) is 25.1 Å². The number of likely N-dealkylation sites (tertiary alicyclic amines) is 1. The molecule has 3 aliphatic rings. The van der Waals surface area contributed by atoms with Gasteiger partial charge in [0.05, 0.1) is 11.7 Å². The first-order chi connectivity index (χ1) is 14.5. The summed E-state index contributed by atoms with van der Waals surface area (Å²) in [4.78, 5) is 29.5. The van der Waals surface area contributed by atoms with Crippen molar-refractivity contribution in [3.05, 3.63) is 34.6 Å². The van der Waals surface area contributed by atoms with Gasteiger partial charge in [-0.15, -0.1) is 0 Å². The lowest BCUT2D eigenvalue weighted by Gasteiger charge is -2.36. The second-order valence-electron chi connectivity index (χ2n) is 9.11. The van der Waals surface area contributed by atoms with Crippen LogP contribution < -0.4 is 4.90 Å². The number of rotatable bonds is 4. The van der Waals surface area contributed by atoms with Gasteiger partial charge < -0.3 is 19.2 Å². The van der Waals surface area contributed by atoms with Gasteiger partial charge in [0.25, 0.3) is 5.91 Å². The molecule has 0 bridgehead atoms. The Morgan fingerprint density at radius 3 is 2.77 bits per heavy atom. The maximum absolute atomic E-state index is 13.3. The van der Waals surface area contributed by atoms with Gasteiger partial charge in [-0.1, -0.05) is 5.16 Å². The Bertz CT molecular complexity index is 951. The van der Waals surface area contributed by atoms with E-state index >= 15 is 0 Å². The molecule has 4 heterocycles. The molecular formula is C22H30N6O2. The minimum absolute atomic E-state index is 0.0668. The molecule has 2 aliphatic heterocycles. The van der Waals surface area contributed by atoms with Crippen molar-refractivity contribution in [2.24, 2.45) is 0 Å². The molecule has 0 aromatic carbocycles. The lowest BCUT2D eigenvalue weighted by molar-refractivity contribution is 0.0588. The Hall–Kier alpha value is -2.48. The Kier molecular flexibility index (Phi) is 4.97. The third kappa shape index (κ3) is 3.57. The number of carbonyl (C=O) groups is 1. The van der Waals surface area contributed by atoms with Crippen molar-refractivity contribution < 1.29 is 9.32 Å².